The highest BCUT2D eigenvalue weighted by Gasteiger charge is 2.51. The molecule has 1 spiro atoms. The Morgan fingerprint density at radius 1 is 0.476 bits per heavy atom. The van der Waals surface area contributed by atoms with Crippen molar-refractivity contribution in [2.75, 3.05) is 0 Å². The Bertz CT molecular complexity index is 2230. The van der Waals surface area contributed by atoms with E-state index < -0.39 is 14.9 Å². The summed E-state index contributed by atoms with van der Waals surface area (Å²) >= 11 is 7.70. The molecule has 6 aromatic rings. The monoisotopic (exact) mass is 684 g/mol. The Hall–Kier alpha value is -3.70. The molecular formula is C38H22Br2OS. The van der Waals surface area contributed by atoms with E-state index in [1.54, 1.807) is 0 Å². The number of halogens is 2. The van der Waals surface area contributed by atoms with Crippen LogP contribution >= 0.6 is 31.9 Å². The van der Waals surface area contributed by atoms with E-state index in [2.05, 4.69) is 141 Å². The highest BCUT2D eigenvalue weighted by Crippen LogP contribution is 2.65. The van der Waals surface area contributed by atoms with Crippen molar-refractivity contribution >= 4 is 47.3 Å². The Morgan fingerprint density at radius 3 is 1.67 bits per heavy atom. The normalized spacial score (nSPS) is 17.8. The first-order valence-corrected chi connectivity index (χ1v) is 17.2. The van der Waals surface area contributed by atoms with Crippen LogP contribution in [0.1, 0.15) is 22.3 Å². The van der Waals surface area contributed by atoms with Gasteiger partial charge in [-0.3, -0.25) is 4.21 Å². The van der Waals surface area contributed by atoms with E-state index in [0.29, 0.717) is 0 Å². The molecule has 0 N–H and O–H groups in total. The molecule has 0 aromatic heterocycles. The van der Waals surface area contributed by atoms with Gasteiger partial charge in [0.25, 0.3) is 0 Å². The third-order valence-corrected chi connectivity index (χ3v) is 12.4. The molecule has 3 aliphatic rings. The van der Waals surface area contributed by atoms with Gasteiger partial charge in [0.2, 0.25) is 0 Å². The van der Waals surface area contributed by atoms with E-state index in [0.717, 1.165) is 35.4 Å². The molecule has 200 valence electrons. The number of hydrogen-bond acceptors (Lipinski definition) is 1. The predicted molar refractivity (Wildman–Crippen MR) is 181 cm³/mol. The molecule has 0 radical (unpaired) electrons. The van der Waals surface area contributed by atoms with Gasteiger partial charge in [0.1, 0.15) is 0 Å². The van der Waals surface area contributed by atoms with Gasteiger partial charge in [0.05, 0.1) is 5.41 Å². The molecule has 9 rings (SSSR count). The Kier molecular flexibility index (Phi) is 5.00. The van der Waals surface area contributed by atoms with Crippen LogP contribution in [0.4, 0.5) is 0 Å². The van der Waals surface area contributed by atoms with E-state index in [1.165, 1.54) is 50.1 Å². The van der Waals surface area contributed by atoms with E-state index in [9.17, 15) is 4.21 Å². The average molecular weight is 686 g/mol. The van der Waals surface area contributed by atoms with Crippen LogP contribution in [0.25, 0.3) is 44.5 Å². The van der Waals surface area contributed by atoms with Crippen LogP contribution in [0.15, 0.2) is 140 Å². The zero-order valence-corrected chi connectivity index (χ0v) is 26.3. The Labute approximate surface area is 262 Å². The fraction of sp³-hybridized carbons (Fsp3) is 0.0263. The lowest BCUT2D eigenvalue weighted by atomic mass is 9.66. The summed E-state index contributed by atoms with van der Waals surface area (Å²) in [7, 11) is -2.63. The van der Waals surface area contributed by atoms with Crippen LogP contribution in [0, 0.1) is 0 Å². The number of fused-ring (bicyclic) bond motifs is 16. The second kappa shape index (κ2) is 8.44. The van der Waals surface area contributed by atoms with Gasteiger partial charge in [-0.15, -0.1) is 0 Å². The van der Waals surface area contributed by atoms with Crippen LogP contribution < -0.4 is 0 Å². The van der Waals surface area contributed by atoms with Crippen molar-refractivity contribution in [3.8, 4) is 44.5 Å². The van der Waals surface area contributed by atoms with Crippen LogP contribution in [-0.4, -0.2) is 10.1 Å². The average Bonchev–Trinajstić information content (AvgIpc) is 3.40. The van der Waals surface area contributed by atoms with Crippen LogP contribution in [-0.2, 0) is 14.9 Å². The zero-order chi connectivity index (χ0) is 28.4. The quantitative estimate of drug-likeness (QED) is 0.145. The van der Waals surface area contributed by atoms with E-state index in [-0.39, 0.29) is 0 Å². The summed E-state index contributed by atoms with van der Waals surface area (Å²) in [4.78, 5) is 1.65. The number of benzene rings is 6. The van der Waals surface area contributed by atoms with E-state index in [4.69, 9.17) is 0 Å². The Morgan fingerprint density at radius 2 is 1.02 bits per heavy atom. The fourth-order valence-corrected chi connectivity index (χ4v) is 10.4. The standard InChI is InChI=1S/C38H22Br2OS/c1-42(41)34-13-7-5-11-29(34)37-35(42)19-18-31-36(37)28-10-4-6-12-30(28)38(31)32-20-22(39)14-16-26(32)24-8-2-3-9-25(24)27-17-15-23(40)21-33(27)38/h2-21H,1H2. The summed E-state index contributed by atoms with van der Waals surface area (Å²) in [6, 6.07) is 43.4. The van der Waals surface area contributed by atoms with Crippen LogP contribution in [0.2, 0.25) is 0 Å². The molecule has 1 unspecified atom stereocenters. The van der Waals surface area contributed by atoms with E-state index in [1.807, 2.05) is 18.2 Å². The van der Waals surface area contributed by atoms with Crippen molar-refractivity contribution in [1.29, 1.82) is 0 Å². The zero-order valence-electron chi connectivity index (χ0n) is 22.3. The van der Waals surface area contributed by atoms with Gasteiger partial charge in [-0.2, -0.15) is 0 Å². The maximum atomic E-state index is 14.3. The van der Waals surface area contributed by atoms with Crippen LogP contribution in [0.5, 0.6) is 0 Å². The molecule has 0 saturated heterocycles. The summed E-state index contributed by atoms with van der Waals surface area (Å²) in [5, 5.41) is 0. The molecule has 6 aromatic carbocycles. The van der Waals surface area contributed by atoms with Gasteiger partial charge < -0.3 is 0 Å². The Balaban J connectivity index is 1.55. The molecule has 1 nitrogen and oxygen atoms in total. The maximum absolute atomic E-state index is 14.3. The molecule has 1 atom stereocenters. The van der Waals surface area contributed by atoms with Gasteiger partial charge in [-0.25, -0.2) is 0 Å². The molecule has 0 saturated carbocycles. The van der Waals surface area contributed by atoms with Crippen LogP contribution in [0.3, 0.4) is 0 Å². The smallest absolute Gasteiger partial charge is 0.0726 e. The minimum absolute atomic E-state index is 0.613. The third-order valence-electron chi connectivity index (χ3n) is 9.32. The summed E-state index contributed by atoms with van der Waals surface area (Å²) < 4.78 is 16.4. The topological polar surface area (TPSA) is 17.1 Å². The SMILES string of the molecule is C=S1(=O)c2ccccc2-c2c1ccc1c2-c2ccccc2C12c1cc(Br)ccc1-c1ccccc1-c1ccc(Br)cc12. The second-order valence-electron chi connectivity index (χ2n) is 11.3. The highest BCUT2D eigenvalue weighted by molar-refractivity contribution is 9.10. The molecule has 1 aliphatic heterocycles. The highest BCUT2D eigenvalue weighted by atomic mass is 79.9. The molecule has 0 amide bonds. The molecule has 0 fully saturated rings. The van der Waals surface area contributed by atoms with Gasteiger partial charge in [0, 0.05) is 33.8 Å². The molecule has 1 heterocycles. The molecular weight excluding hydrogens is 664 g/mol. The van der Waals surface area contributed by atoms with E-state index >= 15 is 0 Å². The van der Waals surface area contributed by atoms with Crippen molar-refractivity contribution in [1.82, 2.24) is 0 Å². The van der Waals surface area contributed by atoms with Gasteiger partial charge in [-0.05, 0) is 103 Å². The lowest BCUT2D eigenvalue weighted by Gasteiger charge is -2.35. The summed E-state index contributed by atoms with van der Waals surface area (Å²) in [6.07, 6.45) is 0. The van der Waals surface area contributed by atoms with Gasteiger partial charge in [0.15, 0.2) is 0 Å². The van der Waals surface area contributed by atoms with Gasteiger partial charge >= 0.3 is 0 Å². The van der Waals surface area contributed by atoms with Crippen molar-refractivity contribution in [2.45, 2.75) is 15.2 Å². The van der Waals surface area contributed by atoms with Gasteiger partial charge in [-0.1, -0.05) is 117 Å². The molecule has 0 bridgehead atoms. The third kappa shape index (κ3) is 2.93. The van der Waals surface area contributed by atoms with Crippen molar-refractivity contribution in [3.63, 3.8) is 0 Å². The van der Waals surface area contributed by atoms with Crippen molar-refractivity contribution < 1.29 is 4.21 Å². The fourth-order valence-electron chi connectivity index (χ4n) is 7.77. The first-order chi connectivity index (χ1) is 20.4. The second-order valence-corrected chi connectivity index (χ2v) is 15.3. The maximum Gasteiger partial charge on any atom is 0.0726 e. The largest absolute Gasteiger partial charge is 0.258 e. The summed E-state index contributed by atoms with van der Waals surface area (Å²) in [6.45, 7) is 0. The number of hydrogen-bond donors (Lipinski definition) is 0. The minimum atomic E-state index is -2.63. The summed E-state index contributed by atoms with van der Waals surface area (Å²) in [5.74, 6) is 4.29. The first kappa shape index (κ1) is 24.9. The van der Waals surface area contributed by atoms with Crippen molar-refractivity contribution in [2.24, 2.45) is 0 Å². The summed E-state index contributed by atoms with van der Waals surface area (Å²) in [5.41, 5.74) is 13.6. The molecule has 4 heteroatoms. The molecule has 42 heavy (non-hydrogen) atoms. The number of rotatable bonds is 0. The first-order valence-electron chi connectivity index (χ1n) is 13.9. The van der Waals surface area contributed by atoms with Crippen molar-refractivity contribution in [3.05, 3.63) is 153 Å². The minimum Gasteiger partial charge on any atom is -0.258 e. The predicted octanol–water partition coefficient (Wildman–Crippen LogP) is 10.3. The lowest BCUT2D eigenvalue weighted by molar-refractivity contribution is 0.683. The lowest BCUT2D eigenvalue weighted by Crippen LogP contribution is -2.29. The molecule has 2 aliphatic carbocycles.